The van der Waals surface area contributed by atoms with E-state index < -0.39 is 5.60 Å². The van der Waals surface area contributed by atoms with Crippen molar-refractivity contribution in [3.63, 3.8) is 0 Å². The zero-order valence-corrected chi connectivity index (χ0v) is 21.8. The minimum atomic E-state index is -0.461. The van der Waals surface area contributed by atoms with Crippen LogP contribution >= 0.6 is 0 Å². The topological polar surface area (TPSA) is 33.3 Å². The lowest BCUT2D eigenvalue weighted by Gasteiger charge is -2.32. The van der Waals surface area contributed by atoms with Crippen LogP contribution in [0.1, 0.15) is 75.1 Å². The molecule has 0 bridgehead atoms. The first-order chi connectivity index (χ1) is 17.3. The number of phenolic OH excluding ortho intramolecular Hbond substituents is 1. The van der Waals surface area contributed by atoms with Crippen LogP contribution in [0.3, 0.4) is 0 Å². The number of unbranched alkanes of at least 4 members (excludes halogenated alkanes) is 1. The van der Waals surface area contributed by atoms with Gasteiger partial charge in [0, 0.05) is 17.7 Å². The summed E-state index contributed by atoms with van der Waals surface area (Å²) in [6.45, 7) is 9.39. The molecule has 0 amide bonds. The summed E-state index contributed by atoms with van der Waals surface area (Å²) in [4.78, 5) is 0. The number of nitrogens with zero attached hydrogens (tertiary/aromatic N) is 1. The minimum Gasteiger partial charge on any atom is -0.507 e. The Morgan fingerprint density at radius 2 is 1.69 bits per heavy atom. The van der Waals surface area contributed by atoms with Crippen molar-refractivity contribution in [2.24, 2.45) is 0 Å². The van der Waals surface area contributed by atoms with Crippen LogP contribution in [-0.2, 0) is 6.54 Å². The number of fused-ring (bicyclic) bond motifs is 2. The smallest absolute Gasteiger partial charge is 0.173 e. The molecule has 3 nitrogen and oxygen atoms in total. The van der Waals surface area contributed by atoms with E-state index >= 15 is 0 Å². The number of aromatic hydroxyl groups is 1. The average Bonchev–Trinajstić information content (AvgIpc) is 2.86. The number of pyridine rings is 1. The van der Waals surface area contributed by atoms with Crippen molar-refractivity contribution in [1.82, 2.24) is 0 Å². The molecule has 0 aliphatic carbocycles. The fourth-order valence-electron chi connectivity index (χ4n) is 5.18. The molecule has 2 heterocycles. The second-order valence-electron chi connectivity index (χ2n) is 10.7. The molecule has 0 saturated carbocycles. The average molecular weight is 479 g/mol. The monoisotopic (exact) mass is 478 g/mol. The highest BCUT2D eigenvalue weighted by Gasteiger charge is 2.30. The van der Waals surface area contributed by atoms with Crippen molar-refractivity contribution >= 4 is 16.3 Å². The third kappa shape index (κ3) is 5.02. The normalized spacial score (nSPS) is 15.2. The maximum atomic E-state index is 11.1. The van der Waals surface area contributed by atoms with Gasteiger partial charge < -0.3 is 9.84 Å². The third-order valence-corrected chi connectivity index (χ3v) is 7.18. The second kappa shape index (κ2) is 9.81. The van der Waals surface area contributed by atoms with Gasteiger partial charge in [-0.1, -0.05) is 63.1 Å². The van der Waals surface area contributed by atoms with Crippen molar-refractivity contribution in [3.05, 3.63) is 107 Å². The van der Waals surface area contributed by atoms with Gasteiger partial charge in [0.2, 0.25) is 0 Å². The third-order valence-electron chi connectivity index (χ3n) is 7.18. The van der Waals surface area contributed by atoms with Crippen molar-refractivity contribution in [2.45, 2.75) is 65.0 Å². The summed E-state index contributed by atoms with van der Waals surface area (Å²) >= 11 is 0. The number of rotatable bonds is 7. The molecule has 0 saturated heterocycles. The van der Waals surface area contributed by atoms with Gasteiger partial charge in [-0.25, -0.2) is 4.57 Å². The number of hydrogen-bond acceptors (Lipinski definition) is 2. The fraction of sp³-hybridized carbons (Fsp3) is 0.303. The Bertz CT molecular complexity index is 1420. The summed E-state index contributed by atoms with van der Waals surface area (Å²) in [5, 5.41) is 13.6. The van der Waals surface area contributed by atoms with Gasteiger partial charge in [-0.2, -0.15) is 0 Å². The number of phenols is 1. The highest BCUT2D eigenvalue weighted by atomic mass is 16.5. The number of ether oxygens (including phenoxy) is 1. The Hall–Kier alpha value is -3.59. The zero-order valence-electron chi connectivity index (χ0n) is 21.8. The Morgan fingerprint density at radius 3 is 2.44 bits per heavy atom. The van der Waals surface area contributed by atoms with E-state index in [-0.39, 0.29) is 0 Å². The SMILES string of the molecule is CCCCC(C)c1cc(O)c2c(c1)OC(C)(C)C=C2c1cc[n+](Cc2ccc3ccccc3c2)cc1. The van der Waals surface area contributed by atoms with Crippen LogP contribution in [-0.4, -0.2) is 10.7 Å². The van der Waals surface area contributed by atoms with Gasteiger partial charge in [-0.05, 0) is 77.9 Å². The van der Waals surface area contributed by atoms with E-state index in [9.17, 15) is 5.11 Å². The first-order valence-electron chi connectivity index (χ1n) is 13.1. The molecular weight excluding hydrogens is 442 g/mol. The molecule has 1 aliphatic rings. The molecule has 1 unspecified atom stereocenters. The van der Waals surface area contributed by atoms with Gasteiger partial charge in [0.05, 0.1) is 5.56 Å². The molecule has 4 aromatic rings. The molecular formula is C33H36NO2+. The predicted molar refractivity (Wildman–Crippen MR) is 148 cm³/mol. The molecule has 1 aromatic heterocycles. The standard InChI is InChI=1S/C33H35NO2/c1-5-6-9-23(2)28-19-30(35)32-29(21-33(3,4)36-31(32)20-28)26-14-16-34(17-15-26)22-24-12-13-25-10-7-8-11-27(25)18-24/h7-8,10-21,23H,5-6,9,22H2,1-4H3/p+1. The van der Waals surface area contributed by atoms with E-state index in [0.29, 0.717) is 11.7 Å². The Labute approximate surface area is 214 Å². The molecule has 1 N–H and O–H groups in total. The fourth-order valence-corrected chi connectivity index (χ4v) is 5.18. The van der Waals surface area contributed by atoms with Crippen LogP contribution in [0, 0.1) is 0 Å². The number of benzene rings is 3. The zero-order chi connectivity index (χ0) is 25.3. The first kappa shape index (κ1) is 24.1. The molecule has 36 heavy (non-hydrogen) atoms. The molecule has 184 valence electrons. The lowest BCUT2D eigenvalue weighted by Crippen LogP contribution is -2.33. The largest absolute Gasteiger partial charge is 0.507 e. The lowest BCUT2D eigenvalue weighted by molar-refractivity contribution is -0.688. The molecule has 1 aliphatic heterocycles. The van der Waals surface area contributed by atoms with E-state index in [2.05, 4.69) is 111 Å². The second-order valence-corrected chi connectivity index (χ2v) is 10.7. The minimum absolute atomic E-state index is 0.292. The molecule has 3 aromatic carbocycles. The van der Waals surface area contributed by atoms with Crippen LogP contribution in [0.25, 0.3) is 16.3 Å². The first-order valence-corrected chi connectivity index (χ1v) is 13.1. The van der Waals surface area contributed by atoms with Gasteiger partial charge >= 0.3 is 0 Å². The predicted octanol–water partition coefficient (Wildman–Crippen LogP) is 7.78. The Morgan fingerprint density at radius 1 is 0.944 bits per heavy atom. The van der Waals surface area contributed by atoms with Gasteiger partial charge in [0.25, 0.3) is 0 Å². The quantitative estimate of drug-likeness (QED) is 0.275. The van der Waals surface area contributed by atoms with E-state index in [0.717, 1.165) is 41.0 Å². The summed E-state index contributed by atoms with van der Waals surface area (Å²) in [6.07, 6.45) is 9.82. The summed E-state index contributed by atoms with van der Waals surface area (Å²) in [5.74, 6) is 1.44. The van der Waals surface area contributed by atoms with E-state index in [1.807, 2.05) is 6.07 Å². The summed E-state index contributed by atoms with van der Waals surface area (Å²) < 4.78 is 8.54. The van der Waals surface area contributed by atoms with Gasteiger partial charge in [0.15, 0.2) is 18.9 Å². The van der Waals surface area contributed by atoms with Crippen LogP contribution in [0.2, 0.25) is 0 Å². The van der Waals surface area contributed by atoms with Gasteiger partial charge in [-0.3, -0.25) is 0 Å². The molecule has 1 atom stereocenters. The van der Waals surface area contributed by atoms with Crippen LogP contribution in [0.15, 0.2) is 85.2 Å². The maximum Gasteiger partial charge on any atom is 0.173 e. The van der Waals surface area contributed by atoms with E-state index in [1.165, 1.54) is 29.2 Å². The summed E-state index contributed by atoms with van der Waals surface area (Å²) in [7, 11) is 0. The molecule has 0 radical (unpaired) electrons. The lowest BCUT2D eigenvalue weighted by atomic mass is 9.87. The maximum absolute atomic E-state index is 11.1. The van der Waals surface area contributed by atoms with Crippen molar-refractivity contribution < 1.29 is 14.4 Å². The van der Waals surface area contributed by atoms with Crippen molar-refractivity contribution in [1.29, 1.82) is 0 Å². The Kier molecular flexibility index (Phi) is 6.57. The van der Waals surface area contributed by atoms with Crippen molar-refractivity contribution in [3.8, 4) is 11.5 Å². The van der Waals surface area contributed by atoms with E-state index in [1.54, 1.807) is 0 Å². The van der Waals surface area contributed by atoms with Crippen molar-refractivity contribution in [2.75, 3.05) is 0 Å². The van der Waals surface area contributed by atoms with Crippen LogP contribution < -0.4 is 9.30 Å². The number of aromatic nitrogens is 1. The summed E-state index contributed by atoms with van der Waals surface area (Å²) in [5.41, 5.74) is 4.82. The van der Waals surface area contributed by atoms with Crippen LogP contribution in [0.5, 0.6) is 11.5 Å². The Balaban J connectivity index is 1.44. The summed E-state index contributed by atoms with van der Waals surface area (Å²) in [6, 6.07) is 23.4. The highest BCUT2D eigenvalue weighted by molar-refractivity contribution is 5.87. The molecule has 5 rings (SSSR count). The molecule has 3 heteroatoms. The number of hydrogen-bond donors (Lipinski definition) is 1. The molecule has 0 spiro atoms. The van der Waals surface area contributed by atoms with E-state index in [4.69, 9.17) is 4.74 Å². The molecule has 0 fully saturated rings. The van der Waals surface area contributed by atoms with Gasteiger partial charge in [-0.15, -0.1) is 0 Å². The van der Waals surface area contributed by atoms with Crippen LogP contribution in [0.4, 0.5) is 0 Å². The highest BCUT2D eigenvalue weighted by Crippen LogP contribution is 2.45. The van der Waals surface area contributed by atoms with Gasteiger partial charge in [0.1, 0.15) is 17.1 Å².